The smallest absolute Gasteiger partial charge is 0.0921 e. The first kappa shape index (κ1) is 11.6. The normalized spacial score (nSPS) is 10.5. The van der Waals surface area contributed by atoms with Crippen molar-refractivity contribution in [2.45, 2.75) is 6.42 Å². The molecular weight excluding hydrogens is 232 g/mol. The van der Waals surface area contributed by atoms with Gasteiger partial charge >= 0.3 is 0 Å². The van der Waals surface area contributed by atoms with Gasteiger partial charge in [0.15, 0.2) is 0 Å². The van der Waals surface area contributed by atoms with Crippen LogP contribution >= 0.6 is 0 Å². The Bertz CT molecular complexity index is 718. The van der Waals surface area contributed by atoms with Crippen LogP contribution in [0.4, 0.5) is 0 Å². The molecule has 0 aliphatic heterocycles. The summed E-state index contributed by atoms with van der Waals surface area (Å²) in [6.07, 6.45) is 4.38. The summed E-state index contributed by atoms with van der Waals surface area (Å²) in [4.78, 5) is 9.09. The van der Waals surface area contributed by atoms with Crippen LogP contribution in [-0.4, -0.2) is 9.97 Å². The third-order valence-corrected chi connectivity index (χ3v) is 3.10. The number of nitrogens with zero attached hydrogens (tertiary/aromatic N) is 2. The maximum Gasteiger partial charge on any atom is 0.0921 e. The van der Waals surface area contributed by atoms with Gasteiger partial charge in [0.25, 0.3) is 0 Å². The van der Waals surface area contributed by atoms with E-state index < -0.39 is 0 Å². The molecule has 0 saturated heterocycles. The van der Waals surface area contributed by atoms with Crippen LogP contribution in [0, 0.1) is 0 Å². The number of hydrogen-bond donors (Lipinski definition) is 0. The second-order valence-corrected chi connectivity index (χ2v) is 4.44. The fraction of sp³-hybridized carbons (Fsp3) is 0.0588. The average Bonchev–Trinajstić information content (AvgIpc) is 2.48. The van der Waals surface area contributed by atoms with Crippen molar-refractivity contribution in [1.82, 2.24) is 9.97 Å². The van der Waals surface area contributed by atoms with Crippen molar-refractivity contribution in [3.63, 3.8) is 0 Å². The summed E-state index contributed by atoms with van der Waals surface area (Å²) < 4.78 is 0. The van der Waals surface area contributed by atoms with Gasteiger partial charge in [-0.2, -0.15) is 0 Å². The number of hydrogen-bond acceptors (Lipinski definition) is 2. The third-order valence-electron chi connectivity index (χ3n) is 3.10. The highest BCUT2D eigenvalue weighted by molar-refractivity contribution is 5.82. The first-order chi connectivity index (χ1) is 9.36. The average molecular weight is 246 g/mol. The van der Waals surface area contributed by atoms with Gasteiger partial charge in [-0.15, -0.1) is 0 Å². The Morgan fingerprint density at radius 1 is 1.05 bits per heavy atom. The number of benzene rings is 1. The van der Waals surface area contributed by atoms with E-state index in [9.17, 15) is 0 Å². The summed E-state index contributed by atoms with van der Waals surface area (Å²) in [6.45, 7) is 3.80. The molecule has 2 aromatic heterocycles. The summed E-state index contributed by atoms with van der Waals surface area (Å²) in [5.74, 6) is 0. The van der Waals surface area contributed by atoms with E-state index in [1.165, 1.54) is 5.56 Å². The van der Waals surface area contributed by atoms with Gasteiger partial charge in [-0.3, -0.25) is 9.97 Å². The van der Waals surface area contributed by atoms with Crippen LogP contribution < -0.4 is 0 Å². The zero-order valence-corrected chi connectivity index (χ0v) is 10.6. The topological polar surface area (TPSA) is 25.8 Å². The molecule has 19 heavy (non-hydrogen) atoms. The molecule has 0 spiro atoms. The first-order valence-electron chi connectivity index (χ1n) is 6.28. The number of fused-ring (bicyclic) bond motifs is 1. The van der Waals surface area contributed by atoms with E-state index in [4.69, 9.17) is 0 Å². The highest BCUT2D eigenvalue weighted by Gasteiger charge is 2.06. The van der Waals surface area contributed by atoms with Gasteiger partial charge in [-0.25, -0.2) is 0 Å². The molecule has 0 amide bonds. The first-order valence-corrected chi connectivity index (χ1v) is 6.28. The molecule has 2 nitrogen and oxygen atoms in total. The molecule has 0 radical (unpaired) electrons. The van der Waals surface area contributed by atoms with E-state index >= 15 is 0 Å². The maximum absolute atomic E-state index is 4.63. The van der Waals surface area contributed by atoms with Gasteiger partial charge in [0, 0.05) is 18.0 Å². The molecule has 2 heteroatoms. The SMILES string of the molecule is C=Cc1cc2cccnc2c(Cc2ccccc2)n1. The lowest BCUT2D eigenvalue weighted by atomic mass is 10.1. The third kappa shape index (κ3) is 2.38. The van der Waals surface area contributed by atoms with Crippen molar-refractivity contribution in [3.05, 3.63) is 78.3 Å². The van der Waals surface area contributed by atoms with Crippen LogP contribution in [0.25, 0.3) is 17.0 Å². The van der Waals surface area contributed by atoms with Gasteiger partial charge in [0.1, 0.15) is 0 Å². The predicted octanol–water partition coefficient (Wildman–Crippen LogP) is 3.86. The Kier molecular flexibility index (Phi) is 3.07. The molecule has 3 rings (SSSR count). The summed E-state index contributed by atoms with van der Waals surface area (Å²) in [5.41, 5.74) is 4.10. The molecule has 92 valence electrons. The summed E-state index contributed by atoms with van der Waals surface area (Å²) in [7, 11) is 0. The molecule has 3 aromatic rings. The lowest BCUT2D eigenvalue weighted by Crippen LogP contribution is -1.97. The lowest BCUT2D eigenvalue weighted by molar-refractivity contribution is 1.08. The maximum atomic E-state index is 4.63. The van der Waals surface area contributed by atoms with Crippen molar-refractivity contribution in [1.29, 1.82) is 0 Å². The fourth-order valence-electron chi connectivity index (χ4n) is 2.19. The van der Waals surface area contributed by atoms with Gasteiger partial charge in [0.2, 0.25) is 0 Å². The van der Waals surface area contributed by atoms with Crippen molar-refractivity contribution in [2.75, 3.05) is 0 Å². The Labute approximate surface area is 112 Å². The Balaban J connectivity index is 2.13. The molecule has 0 saturated carbocycles. The summed E-state index contributed by atoms with van der Waals surface area (Å²) in [5, 5.41) is 1.11. The van der Waals surface area contributed by atoms with E-state index in [-0.39, 0.29) is 0 Å². The van der Waals surface area contributed by atoms with E-state index in [1.807, 2.05) is 36.5 Å². The fourth-order valence-corrected chi connectivity index (χ4v) is 2.19. The van der Waals surface area contributed by atoms with Crippen molar-refractivity contribution < 1.29 is 0 Å². The second-order valence-electron chi connectivity index (χ2n) is 4.44. The van der Waals surface area contributed by atoms with Crippen LogP contribution in [0.5, 0.6) is 0 Å². The highest BCUT2D eigenvalue weighted by Crippen LogP contribution is 2.19. The molecule has 0 atom stereocenters. The summed E-state index contributed by atoms with van der Waals surface area (Å²) >= 11 is 0. The number of pyridine rings is 2. The lowest BCUT2D eigenvalue weighted by Gasteiger charge is -2.07. The molecule has 0 bridgehead atoms. The van der Waals surface area contributed by atoms with Crippen LogP contribution in [0.1, 0.15) is 17.0 Å². The monoisotopic (exact) mass is 246 g/mol. The molecule has 0 N–H and O–H groups in total. The zero-order chi connectivity index (χ0) is 13.1. The minimum atomic E-state index is 0.788. The zero-order valence-electron chi connectivity index (χ0n) is 10.6. The Morgan fingerprint density at radius 3 is 2.68 bits per heavy atom. The highest BCUT2D eigenvalue weighted by atomic mass is 14.8. The molecule has 0 aliphatic carbocycles. The van der Waals surface area contributed by atoms with Crippen LogP contribution in [0.15, 0.2) is 61.3 Å². The number of rotatable bonds is 3. The van der Waals surface area contributed by atoms with Crippen LogP contribution in [0.2, 0.25) is 0 Å². The molecule has 0 fully saturated rings. The second kappa shape index (κ2) is 5.02. The van der Waals surface area contributed by atoms with Crippen molar-refractivity contribution >= 4 is 17.0 Å². The Morgan fingerprint density at radius 2 is 1.89 bits per heavy atom. The Hall–Kier alpha value is -2.48. The largest absolute Gasteiger partial charge is 0.254 e. The molecule has 2 heterocycles. The molecule has 0 unspecified atom stereocenters. The van der Waals surface area contributed by atoms with E-state index in [1.54, 1.807) is 6.08 Å². The van der Waals surface area contributed by atoms with Crippen molar-refractivity contribution in [2.24, 2.45) is 0 Å². The standard InChI is InChI=1S/C17H14N2/c1-2-15-12-14-9-6-10-18-17(14)16(19-15)11-13-7-4-3-5-8-13/h2-10,12H,1,11H2. The van der Waals surface area contributed by atoms with E-state index in [0.29, 0.717) is 0 Å². The molecule has 1 aromatic carbocycles. The predicted molar refractivity (Wildman–Crippen MR) is 78.9 cm³/mol. The van der Waals surface area contributed by atoms with Gasteiger partial charge in [-0.1, -0.05) is 43.0 Å². The van der Waals surface area contributed by atoms with Crippen LogP contribution in [0.3, 0.4) is 0 Å². The molecular formula is C17H14N2. The van der Waals surface area contributed by atoms with Gasteiger partial charge < -0.3 is 0 Å². The molecule has 0 aliphatic rings. The van der Waals surface area contributed by atoms with Gasteiger partial charge in [0.05, 0.1) is 16.9 Å². The van der Waals surface area contributed by atoms with Crippen molar-refractivity contribution in [3.8, 4) is 0 Å². The van der Waals surface area contributed by atoms with Gasteiger partial charge in [-0.05, 0) is 23.8 Å². The summed E-state index contributed by atoms with van der Waals surface area (Å²) in [6, 6.07) is 16.4. The minimum Gasteiger partial charge on any atom is -0.254 e. The van der Waals surface area contributed by atoms with E-state index in [2.05, 4.69) is 34.7 Å². The number of aromatic nitrogens is 2. The quantitative estimate of drug-likeness (QED) is 0.701. The van der Waals surface area contributed by atoms with Crippen LogP contribution in [-0.2, 0) is 6.42 Å². The van der Waals surface area contributed by atoms with E-state index in [0.717, 1.165) is 28.7 Å². The minimum absolute atomic E-state index is 0.788.